The van der Waals surface area contributed by atoms with Gasteiger partial charge in [0.2, 0.25) is 0 Å². The summed E-state index contributed by atoms with van der Waals surface area (Å²) >= 11 is 12.2. The smallest absolute Gasteiger partial charge is 0.0911 e. The van der Waals surface area contributed by atoms with Crippen LogP contribution in [0.5, 0.6) is 0 Å². The zero-order valence-corrected chi connectivity index (χ0v) is 11.6. The molecular weight excluding hydrogens is 255 g/mol. The predicted octanol–water partition coefficient (Wildman–Crippen LogP) is 4.78. The van der Waals surface area contributed by atoms with Gasteiger partial charge in [-0.2, -0.15) is 0 Å². The lowest BCUT2D eigenvalue weighted by Crippen LogP contribution is -2.33. The molecule has 1 nitrogen and oxygen atoms in total. The van der Waals surface area contributed by atoms with E-state index in [1.807, 2.05) is 6.92 Å². The van der Waals surface area contributed by atoms with Crippen molar-refractivity contribution < 1.29 is 5.11 Å². The maximum Gasteiger partial charge on any atom is 0.0911 e. The Kier molecular flexibility index (Phi) is 4.02. The molecule has 1 fully saturated rings. The summed E-state index contributed by atoms with van der Waals surface area (Å²) in [5.41, 5.74) is -0.110. The fraction of sp³-hybridized carbons (Fsp3) is 0.571. The Balaban J connectivity index is 2.32. The summed E-state index contributed by atoms with van der Waals surface area (Å²) in [7, 11) is 0. The summed E-state index contributed by atoms with van der Waals surface area (Å²) in [5, 5.41) is 12.0. The average Bonchev–Trinajstić information content (AvgIpc) is 2.33. The minimum absolute atomic E-state index is 0.284. The highest BCUT2D eigenvalue weighted by molar-refractivity contribution is 6.33. The molecule has 1 saturated carbocycles. The fourth-order valence-corrected chi connectivity index (χ4v) is 3.25. The van der Waals surface area contributed by atoms with Crippen LogP contribution in [0.25, 0.3) is 0 Å². The molecule has 0 heterocycles. The summed E-state index contributed by atoms with van der Waals surface area (Å²) in [6, 6.07) is 5.30. The van der Waals surface area contributed by atoms with Crippen LogP contribution in [0.3, 0.4) is 0 Å². The van der Waals surface area contributed by atoms with E-state index in [0.717, 1.165) is 18.4 Å². The molecule has 0 aromatic heterocycles. The largest absolute Gasteiger partial charge is 0.385 e. The number of hydrogen-bond donors (Lipinski definition) is 1. The van der Waals surface area contributed by atoms with Gasteiger partial charge >= 0.3 is 0 Å². The predicted molar refractivity (Wildman–Crippen MR) is 72.6 cm³/mol. The second-order valence-electron chi connectivity index (χ2n) is 5.11. The molecule has 1 aromatic rings. The Hall–Kier alpha value is -0.240. The molecule has 1 unspecified atom stereocenters. The zero-order chi connectivity index (χ0) is 12.5. The van der Waals surface area contributed by atoms with Gasteiger partial charge in [-0.1, -0.05) is 42.5 Å². The van der Waals surface area contributed by atoms with E-state index in [9.17, 15) is 5.11 Å². The van der Waals surface area contributed by atoms with Crippen molar-refractivity contribution in [1.82, 2.24) is 0 Å². The van der Waals surface area contributed by atoms with Gasteiger partial charge in [-0.15, -0.1) is 0 Å². The third kappa shape index (κ3) is 2.78. The lowest BCUT2D eigenvalue weighted by atomic mass is 9.74. The van der Waals surface area contributed by atoms with Crippen molar-refractivity contribution in [2.75, 3.05) is 0 Å². The molecule has 0 amide bonds. The van der Waals surface area contributed by atoms with Gasteiger partial charge in [0, 0.05) is 15.6 Å². The number of hydrogen-bond acceptors (Lipinski definition) is 1. The first-order valence-corrected chi connectivity index (χ1v) is 6.95. The molecule has 1 atom stereocenters. The van der Waals surface area contributed by atoms with Gasteiger partial charge in [0.25, 0.3) is 0 Å². The molecule has 0 saturated heterocycles. The van der Waals surface area contributed by atoms with Crippen LogP contribution in [0.4, 0.5) is 0 Å². The summed E-state index contributed by atoms with van der Waals surface area (Å²) in [4.78, 5) is 0. The molecule has 1 aliphatic rings. The number of aliphatic hydroxyl groups is 1. The molecule has 0 aliphatic heterocycles. The summed E-state index contributed by atoms with van der Waals surface area (Å²) in [6.07, 6.45) is 5.79. The molecular formula is C14H18Cl2O. The van der Waals surface area contributed by atoms with Gasteiger partial charge in [0.05, 0.1) is 5.60 Å². The van der Waals surface area contributed by atoms with E-state index in [4.69, 9.17) is 23.2 Å². The van der Waals surface area contributed by atoms with Gasteiger partial charge in [-0.05, 0) is 43.9 Å². The number of rotatable bonds is 2. The van der Waals surface area contributed by atoms with E-state index in [2.05, 4.69) is 0 Å². The third-order valence-electron chi connectivity index (χ3n) is 3.87. The molecule has 1 N–H and O–H groups in total. The first-order chi connectivity index (χ1) is 8.01. The minimum atomic E-state index is -0.873. The van der Waals surface area contributed by atoms with Crippen molar-refractivity contribution >= 4 is 23.2 Å². The SMILES string of the molecule is CC(O)(c1cc(Cl)ccc1Cl)C1CCCCC1. The standard InChI is InChI=1S/C14H18Cl2O/c1-14(17,10-5-3-2-4-6-10)12-9-11(15)7-8-13(12)16/h7-10,17H,2-6H2,1H3. The van der Waals surface area contributed by atoms with E-state index in [0.29, 0.717) is 10.0 Å². The fourth-order valence-electron chi connectivity index (χ4n) is 2.77. The molecule has 0 spiro atoms. The van der Waals surface area contributed by atoms with Crippen LogP contribution in [0.1, 0.15) is 44.6 Å². The highest BCUT2D eigenvalue weighted by atomic mass is 35.5. The molecule has 3 heteroatoms. The lowest BCUT2D eigenvalue weighted by Gasteiger charge is -2.36. The number of benzene rings is 1. The normalized spacial score (nSPS) is 21.2. The quantitative estimate of drug-likeness (QED) is 0.822. The highest BCUT2D eigenvalue weighted by Crippen LogP contribution is 2.42. The van der Waals surface area contributed by atoms with Crippen molar-refractivity contribution in [1.29, 1.82) is 0 Å². The van der Waals surface area contributed by atoms with Crippen molar-refractivity contribution in [2.45, 2.75) is 44.6 Å². The first kappa shape index (κ1) is 13.2. The molecule has 1 aromatic carbocycles. The lowest BCUT2D eigenvalue weighted by molar-refractivity contribution is -0.0214. The Bertz CT molecular complexity index is 395. The summed E-state index contributed by atoms with van der Waals surface area (Å²) < 4.78 is 0. The second kappa shape index (κ2) is 5.17. The topological polar surface area (TPSA) is 20.2 Å². The Morgan fingerprint density at radius 2 is 1.82 bits per heavy atom. The number of halogens is 2. The van der Waals surface area contributed by atoms with Crippen LogP contribution in [0.15, 0.2) is 18.2 Å². The molecule has 0 radical (unpaired) electrons. The minimum Gasteiger partial charge on any atom is -0.385 e. The van der Waals surface area contributed by atoms with Gasteiger partial charge in [-0.25, -0.2) is 0 Å². The van der Waals surface area contributed by atoms with Crippen LogP contribution >= 0.6 is 23.2 Å². The van der Waals surface area contributed by atoms with E-state index >= 15 is 0 Å². The van der Waals surface area contributed by atoms with Crippen LogP contribution in [0.2, 0.25) is 10.0 Å². The van der Waals surface area contributed by atoms with Gasteiger partial charge < -0.3 is 5.11 Å². The maximum absolute atomic E-state index is 10.8. The molecule has 94 valence electrons. The van der Waals surface area contributed by atoms with Gasteiger partial charge in [0.1, 0.15) is 0 Å². The van der Waals surface area contributed by atoms with Crippen molar-refractivity contribution in [2.24, 2.45) is 5.92 Å². The van der Waals surface area contributed by atoms with Crippen molar-refractivity contribution in [3.63, 3.8) is 0 Å². The molecule has 17 heavy (non-hydrogen) atoms. The van der Waals surface area contributed by atoms with E-state index < -0.39 is 5.60 Å². The molecule has 0 bridgehead atoms. The molecule has 2 rings (SSSR count). The van der Waals surface area contributed by atoms with E-state index in [-0.39, 0.29) is 5.92 Å². The van der Waals surface area contributed by atoms with Crippen LogP contribution in [-0.2, 0) is 5.60 Å². The molecule has 1 aliphatic carbocycles. The summed E-state index contributed by atoms with van der Waals surface area (Å²) in [6.45, 7) is 1.86. The van der Waals surface area contributed by atoms with Gasteiger partial charge in [0.15, 0.2) is 0 Å². The second-order valence-corrected chi connectivity index (χ2v) is 5.95. The zero-order valence-electron chi connectivity index (χ0n) is 10.0. The Morgan fingerprint density at radius 1 is 1.18 bits per heavy atom. The van der Waals surface area contributed by atoms with Crippen molar-refractivity contribution in [3.05, 3.63) is 33.8 Å². The van der Waals surface area contributed by atoms with Crippen LogP contribution < -0.4 is 0 Å². The average molecular weight is 273 g/mol. The summed E-state index contributed by atoms with van der Waals surface area (Å²) in [5.74, 6) is 0.284. The maximum atomic E-state index is 10.8. The van der Waals surface area contributed by atoms with Crippen LogP contribution in [0, 0.1) is 5.92 Å². The van der Waals surface area contributed by atoms with Crippen molar-refractivity contribution in [3.8, 4) is 0 Å². The van der Waals surface area contributed by atoms with Crippen LogP contribution in [-0.4, -0.2) is 5.11 Å². The highest BCUT2D eigenvalue weighted by Gasteiger charge is 2.35. The Morgan fingerprint density at radius 3 is 2.47 bits per heavy atom. The van der Waals surface area contributed by atoms with Gasteiger partial charge in [-0.3, -0.25) is 0 Å². The van der Waals surface area contributed by atoms with E-state index in [1.54, 1.807) is 18.2 Å². The Labute approximate surface area is 113 Å². The van der Waals surface area contributed by atoms with E-state index in [1.165, 1.54) is 19.3 Å². The first-order valence-electron chi connectivity index (χ1n) is 6.19. The third-order valence-corrected chi connectivity index (χ3v) is 4.44. The monoisotopic (exact) mass is 272 g/mol.